The first-order chi connectivity index (χ1) is 25.7. The maximum absolute atomic E-state index is 13.0. The highest BCUT2D eigenvalue weighted by molar-refractivity contribution is 5.68. The highest BCUT2D eigenvalue weighted by atomic mass is 16.7. The lowest BCUT2D eigenvalue weighted by atomic mass is 9.43. The van der Waals surface area contributed by atoms with E-state index >= 15 is 0 Å². The van der Waals surface area contributed by atoms with Crippen LogP contribution in [0.15, 0.2) is 0 Å². The van der Waals surface area contributed by atoms with Crippen LogP contribution in [0.3, 0.4) is 0 Å². The number of fused-ring (bicyclic) bond motifs is 4. The van der Waals surface area contributed by atoms with E-state index in [0.717, 1.165) is 97.6 Å². The van der Waals surface area contributed by atoms with Crippen molar-refractivity contribution in [3.63, 3.8) is 0 Å². The number of rotatable bonds is 7. The first-order valence-electron chi connectivity index (χ1n) is 22.1. The number of carbonyl (C=O) groups is 1. The van der Waals surface area contributed by atoms with Gasteiger partial charge in [-0.15, -0.1) is 0 Å². The van der Waals surface area contributed by atoms with Crippen molar-refractivity contribution in [3.8, 4) is 0 Å². The van der Waals surface area contributed by atoms with Gasteiger partial charge in [0.2, 0.25) is 0 Å². The largest absolute Gasteiger partial charge is 0.443 e. The minimum absolute atomic E-state index is 0.0326. The Morgan fingerprint density at radius 1 is 0.926 bits per heavy atom. The molecule has 3 N–H and O–H groups in total. The van der Waals surface area contributed by atoms with Crippen LogP contribution in [0, 0.1) is 51.2 Å². The van der Waals surface area contributed by atoms with Crippen LogP contribution >= 0.6 is 0 Å². The molecule has 0 aromatic carbocycles. The van der Waals surface area contributed by atoms with Crippen LogP contribution in [0.4, 0.5) is 4.79 Å². The van der Waals surface area contributed by atoms with Crippen LogP contribution in [-0.4, -0.2) is 139 Å². The zero-order valence-electron chi connectivity index (χ0n) is 34.0. The first-order valence-corrected chi connectivity index (χ1v) is 22.1. The van der Waals surface area contributed by atoms with Gasteiger partial charge in [0, 0.05) is 45.3 Å². The molecular weight excluding hydrogens is 684 g/mol. The molecule has 0 bridgehead atoms. The molecule has 5 aliphatic heterocycles. The second-order valence-corrected chi connectivity index (χ2v) is 21.4. The summed E-state index contributed by atoms with van der Waals surface area (Å²) in [6.07, 6.45) is 7.90. The van der Waals surface area contributed by atoms with Crippen molar-refractivity contribution in [1.82, 2.24) is 14.7 Å². The molecule has 0 aromatic rings. The molecule has 5 aliphatic carbocycles. The fourth-order valence-corrected chi connectivity index (χ4v) is 15.4. The van der Waals surface area contributed by atoms with Crippen molar-refractivity contribution in [3.05, 3.63) is 0 Å². The van der Waals surface area contributed by atoms with E-state index < -0.39 is 11.6 Å². The smallest absolute Gasteiger partial charge is 0.410 e. The quantitative estimate of drug-likeness (QED) is 0.385. The number of ether oxygens (including phenoxy) is 5. The van der Waals surface area contributed by atoms with E-state index in [1.165, 1.54) is 19.3 Å². The molecule has 2 spiro atoms. The molecule has 9 unspecified atom stereocenters. The van der Waals surface area contributed by atoms with Crippen molar-refractivity contribution >= 4 is 6.09 Å². The number of nitrogens with two attached hydrogens (primary N) is 1. The molecule has 1 amide bonds. The molecule has 0 radical (unpaired) electrons. The summed E-state index contributed by atoms with van der Waals surface area (Å²) in [5, 5.41) is 12.6. The van der Waals surface area contributed by atoms with Gasteiger partial charge >= 0.3 is 6.09 Å². The first kappa shape index (κ1) is 37.2. The molecular formula is C43H70N4O7. The van der Waals surface area contributed by atoms with Crippen molar-refractivity contribution in [2.75, 3.05) is 59.1 Å². The highest BCUT2D eigenvalue weighted by Crippen LogP contribution is 2.87. The van der Waals surface area contributed by atoms with Gasteiger partial charge in [-0.25, -0.2) is 4.79 Å². The molecule has 10 fully saturated rings. The molecule has 304 valence electrons. The van der Waals surface area contributed by atoms with Crippen molar-refractivity contribution < 1.29 is 33.6 Å². The van der Waals surface area contributed by atoms with Crippen LogP contribution in [0.2, 0.25) is 0 Å². The third kappa shape index (κ3) is 5.03. The van der Waals surface area contributed by atoms with Crippen LogP contribution in [0.1, 0.15) is 99.3 Å². The molecule has 10 aliphatic rings. The number of likely N-dealkylation sites (tertiary alicyclic amines) is 2. The van der Waals surface area contributed by atoms with E-state index in [0.29, 0.717) is 23.9 Å². The highest BCUT2D eigenvalue weighted by Gasteiger charge is 2.85. The predicted octanol–water partition coefficient (Wildman–Crippen LogP) is 4.48. The number of morpholine rings is 1. The molecule has 54 heavy (non-hydrogen) atoms. The molecule has 5 saturated heterocycles. The van der Waals surface area contributed by atoms with Crippen molar-refractivity contribution in [2.24, 2.45) is 57.0 Å². The topological polar surface area (TPSA) is 119 Å². The minimum atomic E-state index is -0.739. The van der Waals surface area contributed by atoms with Crippen molar-refractivity contribution in [1.29, 1.82) is 0 Å². The number of nitrogens with zero attached hydrogens (tertiary/aromatic N) is 3. The van der Waals surface area contributed by atoms with Gasteiger partial charge in [-0.2, -0.15) is 0 Å². The summed E-state index contributed by atoms with van der Waals surface area (Å²) in [5.74, 6) is 1.46. The number of aliphatic hydroxyl groups is 1. The Hall–Kier alpha value is -1.05. The summed E-state index contributed by atoms with van der Waals surface area (Å²) in [5.41, 5.74) is 7.47. The van der Waals surface area contributed by atoms with Gasteiger partial charge in [-0.3, -0.25) is 9.80 Å². The number of hydrogen-bond donors (Lipinski definition) is 2. The number of hydrogen-bond acceptors (Lipinski definition) is 10. The van der Waals surface area contributed by atoms with Gasteiger partial charge in [-0.05, 0) is 109 Å². The monoisotopic (exact) mass is 755 g/mol. The van der Waals surface area contributed by atoms with E-state index in [-0.39, 0.29) is 76.2 Å². The molecule has 5 saturated carbocycles. The number of aliphatic hydroxyl groups excluding tert-OH is 1. The number of carbonyl (C=O) groups excluding carboxylic acids is 1. The lowest BCUT2D eigenvalue weighted by Crippen LogP contribution is -2.70. The summed E-state index contributed by atoms with van der Waals surface area (Å²) < 4.78 is 32.0. The summed E-state index contributed by atoms with van der Waals surface area (Å²) in [4.78, 5) is 20.0. The summed E-state index contributed by atoms with van der Waals surface area (Å²) in [6, 6.07) is 1.22. The van der Waals surface area contributed by atoms with Crippen LogP contribution in [-0.2, 0) is 23.7 Å². The van der Waals surface area contributed by atoms with Gasteiger partial charge in [0.1, 0.15) is 6.10 Å². The summed E-state index contributed by atoms with van der Waals surface area (Å²) in [6.45, 7) is 22.1. The zero-order valence-corrected chi connectivity index (χ0v) is 34.0. The lowest BCUT2D eigenvalue weighted by molar-refractivity contribution is -0.252. The lowest BCUT2D eigenvalue weighted by Gasteiger charge is -2.63. The Balaban J connectivity index is 0.837. The van der Waals surface area contributed by atoms with Crippen LogP contribution in [0.5, 0.6) is 0 Å². The fourth-order valence-electron chi connectivity index (χ4n) is 15.4. The van der Waals surface area contributed by atoms with Crippen LogP contribution in [0.25, 0.3) is 0 Å². The van der Waals surface area contributed by atoms with Gasteiger partial charge in [0.15, 0.2) is 6.29 Å². The van der Waals surface area contributed by atoms with E-state index in [2.05, 4.69) is 51.3 Å². The molecule has 0 aromatic heterocycles. The van der Waals surface area contributed by atoms with Gasteiger partial charge in [-0.1, -0.05) is 41.5 Å². The standard InChI is InChI=1S/C43H70N4O7/c1-25(2)35(54-38(49)45-14-7-15-45)29-18-26(3)34-36(52-29)37(48)43(44)31-9-8-30-39(4,5)32(10-11-41(30)24-42(31,41)13-12-40(34,43)6)53-33-21-46(16-17-51-33)27-19-47(20-27)28-22-50-23-28/h25-37,48H,7-24,44H2,1-6H3/t26-,29?,30+,31?,32?,33?,34+,35?,36?,37+,40?,41?,42?,43+/m1/s1. The fraction of sp³-hybridized carbons (Fsp3) is 0.977. The second kappa shape index (κ2) is 12.7. The summed E-state index contributed by atoms with van der Waals surface area (Å²) >= 11 is 0. The Morgan fingerprint density at radius 3 is 2.35 bits per heavy atom. The predicted molar refractivity (Wildman–Crippen MR) is 202 cm³/mol. The molecule has 5 heterocycles. The Kier molecular flexibility index (Phi) is 8.77. The van der Waals surface area contributed by atoms with Gasteiger partial charge in [0.05, 0.1) is 55.8 Å². The SMILES string of the molecule is CC(C)C(OC(=O)N1CCC1)C1C[C@@H](C)[C@H]2C(O1)[C@H](O)[C@@]1(N)C3CC[C@H]4C(C)(C)C(OC5CN(C6CN(C7COC7)C6)CCO5)CCC45CC35CCC21C. The maximum atomic E-state index is 13.0. The summed E-state index contributed by atoms with van der Waals surface area (Å²) in [7, 11) is 0. The number of amides is 1. The molecule has 10 rings (SSSR count). The average Bonchev–Trinajstić information content (AvgIpc) is 3.69. The molecule has 11 heteroatoms. The second-order valence-electron chi connectivity index (χ2n) is 21.4. The third-order valence-electron chi connectivity index (χ3n) is 18.6. The van der Waals surface area contributed by atoms with Gasteiger partial charge < -0.3 is 39.4 Å². The van der Waals surface area contributed by atoms with E-state index in [1.54, 1.807) is 4.90 Å². The van der Waals surface area contributed by atoms with Crippen molar-refractivity contribution in [2.45, 2.75) is 154 Å². The zero-order chi connectivity index (χ0) is 37.6. The molecule has 11 nitrogen and oxygen atoms in total. The van der Waals surface area contributed by atoms with Crippen LogP contribution < -0.4 is 5.73 Å². The minimum Gasteiger partial charge on any atom is -0.443 e. The normalized spacial score (nSPS) is 50.7. The van der Waals surface area contributed by atoms with Gasteiger partial charge in [0.25, 0.3) is 0 Å². The Bertz CT molecular complexity index is 1470. The van der Waals surface area contributed by atoms with E-state index in [4.69, 9.17) is 29.4 Å². The average molecular weight is 755 g/mol. The molecule has 14 atom stereocenters. The van der Waals surface area contributed by atoms with E-state index in [1.807, 2.05) is 0 Å². The Morgan fingerprint density at radius 2 is 1.67 bits per heavy atom. The Labute approximate surface area is 323 Å². The third-order valence-corrected chi connectivity index (χ3v) is 18.6. The maximum Gasteiger partial charge on any atom is 0.410 e. The van der Waals surface area contributed by atoms with E-state index in [9.17, 15) is 9.90 Å².